The Kier molecular flexibility index (Phi) is 6.12. The van der Waals surface area contributed by atoms with E-state index in [1.165, 1.54) is 0 Å². The first-order valence-electron chi connectivity index (χ1n) is 10.9. The van der Waals surface area contributed by atoms with Crippen LogP contribution in [0.2, 0.25) is 0 Å². The third kappa shape index (κ3) is 4.17. The third-order valence-corrected chi connectivity index (χ3v) is 6.02. The molecule has 0 spiro atoms. The van der Waals surface area contributed by atoms with Crippen LogP contribution in [0.5, 0.6) is 5.75 Å². The average Bonchev–Trinajstić information content (AvgIpc) is 2.78. The van der Waals surface area contributed by atoms with E-state index < -0.39 is 11.9 Å². The van der Waals surface area contributed by atoms with Crippen molar-refractivity contribution in [1.29, 1.82) is 0 Å². The highest BCUT2D eigenvalue weighted by atomic mass is 16.5. The van der Waals surface area contributed by atoms with Gasteiger partial charge in [0.1, 0.15) is 5.75 Å². The summed E-state index contributed by atoms with van der Waals surface area (Å²) in [6.07, 6.45) is 4.20. The molecular weight excluding hydrogens is 404 g/mol. The maximum atomic E-state index is 13.5. The van der Waals surface area contributed by atoms with Crippen LogP contribution in [-0.4, -0.2) is 30.0 Å². The normalized spacial score (nSPS) is 20.7. The van der Waals surface area contributed by atoms with Crippen molar-refractivity contribution in [3.05, 3.63) is 82.5 Å². The Morgan fingerprint density at radius 2 is 1.75 bits per heavy atom. The number of Topliss-reactive ketones (excluding diaryl/α,β-unsaturated/α-hetero) is 1. The van der Waals surface area contributed by atoms with Gasteiger partial charge >= 0.3 is 5.97 Å². The number of ketones is 1. The van der Waals surface area contributed by atoms with E-state index in [1.807, 2.05) is 57.2 Å². The Morgan fingerprint density at radius 3 is 2.38 bits per heavy atom. The van der Waals surface area contributed by atoms with E-state index >= 15 is 0 Å². The van der Waals surface area contributed by atoms with Crippen molar-refractivity contribution in [1.82, 2.24) is 10.3 Å². The summed E-state index contributed by atoms with van der Waals surface area (Å²) in [5, 5.41) is 3.37. The van der Waals surface area contributed by atoms with Gasteiger partial charge in [0.05, 0.1) is 18.8 Å². The van der Waals surface area contributed by atoms with Crippen molar-refractivity contribution in [2.45, 2.75) is 51.6 Å². The number of pyridine rings is 1. The van der Waals surface area contributed by atoms with Crippen molar-refractivity contribution in [3.63, 3.8) is 0 Å². The lowest BCUT2D eigenvalue weighted by molar-refractivity contribution is -0.143. The zero-order valence-electron chi connectivity index (χ0n) is 18.8. The molecule has 0 unspecified atom stereocenters. The summed E-state index contributed by atoms with van der Waals surface area (Å²) in [5.41, 5.74) is 4.70. The van der Waals surface area contributed by atoms with Gasteiger partial charge in [0, 0.05) is 41.7 Å². The molecule has 0 saturated heterocycles. The number of dihydropyridines is 1. The van der Waals surface area contributed by atoms with E-state index in [2.05, 4.69) is 10.3 Å². The maximum Gasteiger partial charge on any atom is 0.337 e. The van der Waals surface area contributed by atoms with Gasteiger partial charge in [0.25, 0.3) is 0 Å². The monoisotopic (exact) mass is 432 g/mol. The average molecular weight is 433 g/mol. The predicted octanol–water partition coefficient (Wildman–Crippen LogP) is 4.40. The fraction of sp³-hybridized carbons (Fsp3) is 0.346. The molecule has 2 aliphatic rings. The molecule has 166 valence electrons. The predicted molar refractivity (Wildman–Crippen MR) is 121 cm³/mol. The second-order valence-electron chi connectivity index (χ2n) is 8.53. The van der Waals surface area contributed by atoms with Gasteiger partial charge in [-0.1, -0.05) is 12.1 Å². The van der Waals surface area contributed by atoms with Gasteiger partial charge in [-0.2, -0.15) is 0 Å². The largest absolute Gasteiger partial charge is 0.497 e. The number of carbonyl (C=O) groups excluding carboxylic acids is 2. The molecule has 32 heavy (non-hydrogen) atoms. The molecule has 2 atom stereocenters. The second kappa shape index (κ2) is 8.99. The molecule has 1 N–H and O–H groups in total. The zero-order valence-corrected chi connectivity index (χ0v) is 18.8. The minimum atomic E-state index is -0.468. The molecule has 4 rings (SSSR count). The van der Waals surface area contributed by atoms with Crippen molar-refractivity contribution < 1.29 is 19.1 Å². The Labute approximate surface area is 188 Å². The molecule has 0 saturated carbocycles. The third-order valence-electron chi connectivity index (χ3n) is 6.02. The van der Waals surface area contributed by atoms with Gasteiger partial charge < -0.3 is 14.8 Å². The smallest absolute Gasteiger partial charge is 0.337 e. The number of hydrogen-bond donors (Lipinski definition) is 1. The molecule has 1 aromatic carbocycles. The van der Waals surface area contributed by atoms with Gasteiger partial charge in [-0.3, -0.25) is 9.78 Å². The minimum absolute atomic E-state index is 0.0451. The maximum absolute atomic E-state index is 13.5. The molecule has 6 nitrogen and oxygen atoms in total. The number of rotatable bonds is 5. The van der Waals surface area contributed by atoms with Crippen LogP contribution in [0.15, 0.2) is 71.3 Å². The second-order valence-corrected chi connectivity index (χ2v) is 8.53. The summed E-state index contributed by atoms with van der Waals surface area (Å²) in [6.45, 7) is 5.51. The highest BCUT2D eigenvalue weighted by Crippen LogP contribution is 2.45. The van der Waals surface area contributed by atoms with Crippen LogP contribution in [0.4, 0.5) is 0 Å². The topological polar surface area (TPSA) is 77.5 Å². The standard InChI is InChI=1S/C26H28N2O4/c1-15(2)32-26(30)23-16(3)28-21-13-19(17-5-7-20(31-4)8-6-17)14-22(29)25(21)24(23)18-9-11-27-12-10-18/h5-12,15,19,24,28H,13-14H2,1-4H3/t19-,24-/m0/s1. The van der Waals surface area contributed by atoms with Crippen molar-refractivity contribution in [3.8, 4) is 5.75 Å². The number of carbonyl (C=O) groups is 2. The van der Waals surface area contributed by atoms with E-state index in [0.29, 0.717) is 24.0 Å². The molecule has 0 radical (unpaired) electrons. The number of aromatic nitrogens is 1. The number of methoxy groups -OCH3 is 1. The van der Waals surface area contributed by atoms with Gasteiger partial charge in [0.2, 0.25) is 0 Å². The number of esters is 1. The molecule has 0 amide bonds. The van der Waals surface area contributed by atoms with Crippen LogP contribution in [0.3, 0.4) is 0 Å². The Hall–Kier alpha value is -3.41. The molecular formula is C26H28N2O4. The van der Waals surface area contributed by atoms with Gasteiger partial charge in [0.15, 0.2) is 5.78 Å². The summed E-state index contributed by atoms with van der Waals surface area (Å²) in [6, 6.07) is 11.6. The number of allylic oxidation sites excluding steroid dienone is 3. The lowest BCUT2D eigenvalue weighted by Gasteiger charge is -2.36. The Bertz CT molecular complexity index is 1080. The molecule has 0 fully saturated rings. The van der Waals surface area contributed by atoms with Crippen LogP contribution >= 0.6 is 0 Å². The zero-order chi connectivity index (χ0) is 22.8. The van der Waals surface area contributed by atoms with Crippen molar-refractivity contribution in [2.75, 3.05) is 7.11 Å². The molecule has 0 bridgehead atoms. The van der Waals surface area contributed by atoms with Crippen molar-refractivity contribution >= 4 is 11.8 Å². The van der Waals surface area contributed by atoms with E-state index in [0.717, 1.165) is 28.3 Å². The van der Waals surface area contributed by atoms with Crippen LogP contribution in [0.1, 0.15) is 56.6 Å². The highest BCUT2D eigenvalue weighted by Gasteiger charge is 2.41. The van der Waals surface area contributed by atoms with E-state index in [-0.39, 0.29) is 17.8 Å². The Balaban J connectivity index is 1.74. The molecule has 1 aromatic heterocycles. The van der Waals surface area contributed by atoms with Crippen LogP contribution < -0.4 is 10.1 Å². The van der Waals surface area contributed by atoms with Crippen LogP contribution in [0.25, 0.3) is 0 Å². The van der Waals surface area contributed by atoms with Crippen LogP contribution in [0, 0.1) is 0 Å². The van der Waals surface area contributed by atoms with Gasteiger partial charge in [-0.05, 0) is 68.5 Å². The lowest BCUT2D eigenvalue weighted by atomic mass is 9.72. The van der Waals surface area contributed by atoms with E-state index in [4.69, 9.17) is 9.47 Å². The number of nitrogens with one attached hydrogen (secondary N) is 1. The molecule has 2 aromatic rings. The lowest BCUT2D eigenvalue weighted by Crippen LogP contribution is -2.36. The number of benzene rings is 1. The number of nitrogens with zero attached hydrogens (tertiary/aromatic N) is 1. The van der Waals surface area contributed by atoms with E-state index in [9.17, 15) is 9.59 Å². The fourth-order valence-corrected chi connectivity index (χ4v) is 4.59. The van der Waals surface area contributed by atoms with E-state index in [1.54, 1.807) is 19.5 Å². The molecule has 1 aliphatic heterocycles. The summed E-state index contributed by atoms with van der Waals surface area (Å²) < 4.78 is 10.8. The van der Waals surface area contributed by atoms with Crippen LogP contribution in [-0.2, 0) is 14.3 Å². The van der Waals surface area contributed by atoms with Crippen molar-refractivity contribution in [2.24, 2.45) is 0 Å². The summed E-state index contributed by atoms with van der Waals surface area (Å²) in [5.74, 6) is 0.0307. The quantitative estimate of drug-likeness (QED) is 0.706. The van der Waals surface area contributed by atoms with Gasteiger partial charge in [-0.25, -0.2) is 4.79 Å². The molecule has 6 heteroatoms. The summed E-state index contributed by atoms with van der Waals surface area (Å²) in [4.78, 5) is 30.7. The number of ether oxygens (including phenoxy) is 2. The van der Waals surface area contributed by atoms with Gasteiger partial charge in [-0.15, -0.1) is 0 Å². The summed E-state index contributed by atoms with van der Waals surface area (Å²) in [7, 11) is 1.64. The molecule has 2 heterocycles. The fourth-order valence-electron chi connectivity index (χ4n) is 4.59. The minimum Gasteiger partial charge on any atom is -0.497 e. The SMILES string of the molecule is COc1ccc([C@@H]2CC(=O)C3=C(C2)NC(C)=C(C(=O)OC(C)C)[C@@H]3c2ccncc2)cc1. The Morgan fingerprint density at radius 1 is 1.06 bits per heavy atom. The first kappa shape index (κ1) is 21.8. The highest BCUT2D eigenvalue weighted by molar-refractivity contribution is 6.04. The number of hydrogen-bond acceptors (Lipinski definition) is 6. The first-order valence-corrected chi connectivity index (χ1v) is 10.9. The summed E-state index contributed by atoms with van der Waals surface area (Å²) >= 11 is 0. The first-order chi connectivity index (χ1) is 15.4. The molecule has 1 aliphatic carbocycles.